The summed E-state index contributed by atoms with van der Waals surface area (Å²) in [6, 6.07) is 6.75. The molecule has 1 N–H and O–H groups in total. The number of carbonyl (C=O) groups excluding carboxylic acids is 3. The van der Waals surface area contributed by atoms with E-state index in [2.05, 4.69) is 22.1 Å². The summed E-state index contributed by atoms with van der Waals surface area (Å²) in [4.78, 5) is 39.1. The zero-order valence-electron chi connectivity index (χ0n) is 16.5. The Hall–Kier alpha value is -2.47. The van der Waals surface area contributed by atoms with Crippen molar-refractivity contribution in [3.63, 3.8) is 0 Å². The summed E-state index contributed by atoms with van der Waals surface area (Å²) in [5.74, 6) is 5.50. The lowest BCUT2D eigenvalue weighted by molar-refractivity contribution is -0.140. The van der Waals surface area contributed by atoms with Crippen LogP contribution in [0.3, 0.4) is 0 Å². The molecule has 1 aromatic carbocycles. The molecule has 1 aromatic rings. The zero-order chi connectivity index (χ0) is 20.9. The summed E-state index contributed by atoms with van der Waals surface area (Å²) >= 11 is 5.85. The number of hydrogen-bond donors (Lipinski definition) is 1. The largest absolute Gasteiger partial charge is 0.436 e. The standard InChI is InChI=1S/C20H22ClN3O5.ClH/c1-2-24-17(25)20(29-19(24)27)8-11-23(12-9-20)10-3-4-13-28-18(26)22-16-7-5-6-15(21)14-16;/h5-7,14H,2,8-13H2,1H3,(H,22,26);1H. The average molecular weight is 456 g/mol. The van der Waals surface area contributed by atoms with E-state index in [1.807, 2.05) is 0 Å². The molecule has 0 unspecified atom stereocenters. The van der Waals surface area contributed by atoms with E-state index in [4.69, 9.17) is 21.1 Å². The third kappa shape index (κ3) is 5.57. The molecule has 3 rings (SSSR count). The number of hydrogen-bond acceptors (Lipinski definition) is 6. The molecule has 2 heterocycles. The second-order valence-electron chi connectivity index (χ2n) is 6.75. The van der Waals surface area contributed by atoms with Crippen molar-refractivity contribution >= 4 is 47.8 Å². The molecule has 0 atom stereocenters. The van der Waals surface area contributed by atoms with Crippen LogP contribution in [0.15, 0.2) is 24.3 Å². The van der Waals surface area contributed by atoms with Crippen LogP contribution < -0.4 is 5.32 Å². The number of likely N-dealkylation sites (tertiary alicyclic amines) is 1. The maximum absolute atomic E-state index is 12.4. The maximum Gasteiger partial charge on any atom is 0.417 e. The number of likely N-dealkylation sites (N-methyl/N-ethyl adjacent to an activating group) is 1. The Morgan fingerprint density at radius 2 is 2.03 bits per heavy atom. The van der Waals surface area contributed by atoms with Crippen molar-refractivity contribution in [2.45, 2.75) is 25.4 Å². The molecule has 0 saturated carbocycles. The normalized spacial score (nSPS) is 17.6. The van der Waals surface area contributed by atoms with Crippen molar-refractivity contribution in [2.24, 2.45) is 0 Å². The lowest BCUT2D eigenvalue weighted by Crippen LogP contribution is -2.50. The maximum atomic E-state index is 12.4. The van der Waals surface area contributed by atoms with Crippen LogP contribution in [0.1, 0.15) is 19.8 Å². The summed E-state index contributed by atoms with van der Waals surface area (Å²) in [5, 5.41) is 3.08. The number of benzene rings is 1. The van der Waals surface area contributed by atoms with E-state index in [0.29, 0.717) is 49.7 Å². The van der Waals surface area contributed by atoms with Crippen LogP contribution in [0.2, 0.25) is 5.02 Å². The van der Waals surface area contributed by atoms with Crippen molar-refractivity contribution in [3.05, 3.63) is 29.3 Å². The van der Waals surface area contributed by atoms with Crippen LogP contribution in [0.25, 0.3) is 0 Å². The molecule has 0 radical (unpaired) electrons. The number of anilines is 1. The second kappa shape index (κ2) is 10.5. The monoisotopic (exact) mass is 455 g/mol. The van der Waals surface area contributed by atoms with Gasteiger partial charge in [0.05, 0.1) is 6.54 Å². The molecule has 2 fully saturated rings. The van der Waals surface area contributed by atoms with Gasteiger partial charge < -0.3 is 9.47 Å². The number of amides is 3. The Balaban J connectivity index is 0.00000320. The second-order valence-corrected chi connectivity index (χ2v) is 7.19. The molecule has 2 aliphatic rings. The fraction of sp³-hybridized carbons (Fsp3) is 0.450. The molecule has 2 aliphatic heterocycles. The first kappa shape index (κ1) is 23.8. The Morgan fingerprint density at radius 3 is 2.67 bits per heavy atom. The molecule has 3 amide bonds. The van der Waals surface area contributed by atoms with Crippen LogP contribution in [-0.2, 0) is 14.3 Å². The molecule has 0 aromatic heterocycles. The van der Waals surface area contributed by atoms with Gasteiger partial charge in [-0.1, -0.05) is 29.5 Å². The van der Waals surface area contributed by atoms with Gasteiger partial charge in [-0.25, -0.2) is 14.5 Å². The quantitative estimate of drug-likeness (QED) is 0.701. The highest BCUT2D eigenvalue weighted by Crippen LogP contribution is 2.34. The van der Waals surface area contributed by atoms with Gasteiger partial charge in [0.2, 0.25) is 0 Å². The topological polar surface area (TPSA) is 88.2 Å². The minimum atomic E-state index is -1.02. The van der Waals surface area contributed by atoms with Crippen LogP contribution in [0.5, 0.6) is 0 Å². The predicted molar refractivity (Wildman–Crippen MR) is 114 cm³/mol. The van der Waals surface area contributed by atoms with E-state index in [0.717, 1.165) is 4.90 Å². The third-order valence-electron chi connectivity index (χ3n) is 4.89. The van der Waals surface area contributed by atoms with Crippen molar-refractivity contribution in [1.29, 1.82) is 0 Å². The number of nitrogens with zero attached hydrogens (tertiary/aromatic N) is 2. The number of piperidine rings is 1. The highest BCUT2D eigenvalue weighted by atomic mass is 35.5. The summed E-state index contributed by atoms with van der Waals surface area (Å²) in [7, 11) is 0. The van der Waals surface area contributed by atoms with Gasteiger partial charge in [-0.3, -0.25) is 15.0 Å². The lowest BCUT2D eigenvalue weighted by atomic mass is 9.90. The Labute approximate surface area is 186 Å². The number of rotatable bonds is 4. The average Bonchev–Trinajstić information content (AvgIpc) is 2.92. The van der Waals surface area contributed by atoms with Crippen molar-refractivity contribution < 1.29 is 23.9 Å². The zero-order valence-corrected chi connectivity index (χ0v) is 18.1. The van der Waals surface area contributed by atoms with Gasteiger partial charge in [-0.05, 0) is 25.1 Å². The third-order valence-corrected chi connectivity index (χ3v) is 5.13. The number of halogens is 2. The van der Waals surface area contributed by atoms with E-state index in [1.54, 1.807) is 31.2 Å². The van der Waals surface area contributed by atoms with Crippen LogP contribution >= 0.6 is 24.0 Å². The Kier molecular flexibility index (Phi) is 8.35. The first-order valence-electron chi connectivity index (χ1n) is 9.36. The van der Waals surface area contributed by atoms with Gasteiger partial charge in [0.1, 0.15) is 0 Å². The Bertz CT molecular complexity index is 859. The number of ether oxygens (including phenoxy) is 2. The molecule has 0 aliphatic carbocycles. The summed E-state index contributed by atoms with van der Waals surface area (Å²) in [6.45, 7) is 3.71. The fourth-order valence-corrected chi connectivity index (χ4v) is 3.49. The minimum absolute atomic E-state index is 0. The lowest BCUT2D eigenvalue weighted by Gasteiger charge is -2.35. The molecule has 30 heavy (non-hydrogen) atoms. The molecule has 162 valence electrons. The number of imide groups is 1. The summed E-state index contributed by atoms with van der Waals surface area (Å²) < 4.78 is 10.4. The molecule has 0 bridgehead atoms. The number of nitrogens with one attached hydrogen (secondary N) is 1. The van der Waals surface area contributed by atoms with E-state index in [-0.39, 0.29) is 24.9 Å². The van der Waals surface area contributed by atoms with Crippen molar-refractivity contribution in [3.8, 4) is 11.8 Å². The van der Waals surface area contributed by atoms with Crippen molar-refractivity contribution in [2.75, 3.05) is 38.1 Å². The van der Waals surface area contributed by atoms with Crippen LogP contribution in [0, 0.1) is 11.8 Å². The summed E-state index contributed by atoms with van der Waals surface area (Å²) in [6.07, 6.45) is -0.259. The first-order valence-corrected chi connectivity index (χ1v) is 9.74. The minimum Gasteiger partial charge on any atom is -0.436 e. The molecule has 10 heteroatoms. The SMILES string of the molecule is CCN1C(=O)OC2(CCN(CC#CCOC(=O)Nc3cccc(Cl)c3)CC2)C1=O.Cl. The molecular weight excluding hydrogens is 433 g/mol. The Morgan fingerprint density at radius 1 is 1.30 bits per heavy atom. The molecule has 8 nitrogen and oxygen atoms in total. The van der Waals surface area contributed by atoms with E-state index in [9.17, 15) is 14.4 Å². The van der Waals surface area contributed by atoms with E-state index >= 15 is 0 Å². The van der Waals surface area contributed by atoms with E-state index < -0.39 is 17.8 Å². The van der Waals surface area contributed by atoms with E-state index in [1.165, 1.54) is 0 Å². The number of carbonyl (C=O) groups is 3. The highest BCUT2D eigenvalue weighted by molar-refractivity contribution is 6.30. The van der Waals surface area contributed by atoms with Gasteiger partial charge in [-0.15, -0.1) is 12.4 Å². The molecule has 2 saturated heterocycles. The fourth-order valence-electron chi connectivity index (χ4n) is 3.30. The van der Waals surface area contributed by atoms with Gasteiger partial charge in [0, 0.05) is 43.2 Å². The molecular formula is C20H23Cl2N3O5. The summed E-state index contributed by atoms with van der Waals surface area (Å²) in [5.41, 5.74) is -0.472. The van der Waals surface area contributed by atoms with Gasteiger partial charge >= 0.3 is 12.2 Å². The highest BCUT2D eigenvalue weighted by Gasteiger charge is 2.54. The van der Waals surface area contributed by atoms with Gasteiger partial charge in [-0.2, -0.15) is 0 Å². The predicted octanol–water partition coefficient (Wildman–Crippen LogP) is 3.15. The first-order chi connectivity index (χ1) is 13.9. The van der Waals surface area contributed by atoms with Gasteiger partial charge in [0.25, 0.3) is 5.91 Å². The van der Waals surface area contributed by atoms with Crippen LogP contribution in [-0.4, -0.2) is 66.3 Å². The van der Waals surface area contributed by atoms with Crippen molar-refractivity contribution in [1.82, 2.24) is 9.80 Å². The smallest absolute Gasteiger partial charge is 0.417 e. The van der Waals surface area contributed by atoms with Crippen LogP contribution in [0.4, 0.5) is 15.3 Å². The van der Waals surface area contributed by atoms with Gasteiger partial charge in [0.15, 0.2) is 12.2 Å². The molecule has 1 spiro atoms.